The summed E-state index contributed by atoms with van der Waals surface area (Å²) in [6, 6.07) is 11.8. The molecule has 1 aromatic carbocycles. The third kappa shape index (κ3) is 3.57. The SMILES string of the molecule is N[C@@H](CNC(=O)c1cc2c(s1)CCCCC2)c1ccccc1. The smallest absolute Gasteiger partial charge is 0.261 e. The zero-order valence-corrected chi connectivity index (χ0v) is 13.5. The summed E-state index contributed by atoms with van der Waals surface area (Å²) >= 11 is 1.65. The minimum absolute atomic E-state index is 0.00412. The quantitative estimate of drug-likeness (QED) is 0.849. The number of nitrogens with two attached hydrogens (primary N) is 1. The van der Waals surface area contributed by atoms with E-state index in [1.807, 2.05) is 30.3 Å². The molecule has 0 saturated carbocycles. The van der Waals surface area contributed by atoms with Crippen LogP contribution in [0.25, 0.3) is 0 Å². The molecule has 22 heavy (non-hydrogen) atoms. The van der Waals surface area contributed by atoms with Crippen molar-refractivity contribution in [3.63, 3.8) is 0 Å². The van der Waals surface area contributed by atoms with Crippen LogP contribution in [0.2, 0.25) is 0 Å². The molecule has 0 fully saturated rings. The van der Waals surface area contributed by atoms with Crippen molar-refractivity contribution in [3.05, 3.63) is 57.3 Å². The zero-order chi connectivity index (χ0) is 15.4. The summed E-state index contributed by atoms with van der Waals surface area (Å²) in [6.07, 6.45) is 6.02. The van der Waals surface area contributed by atoms with Crippen LogP contribution in [0.3, 0.4) is 0 Å². The van der Waals surface area contributed by atoms with Crippen molar-refractivity contribution in [2.45, 2.75) is 38.1 Å². The molecule has 116 valence electrons. The molecule has 1 atom stereocenters. The van der Waals surface area contributed by atoms with Gasteiger partial charge in [-0.25, -0.2) is 0 Å². The summed E-state index contributed by atoms with van der Waals surface area (Å²) in [7, 11) is 0. The molecule has 0 spiro atoms. The largest absolute Gasteiger partial charge is 0.349 e. The molecule has 3 rings (SSSR count). The molecule has 0 radical (unpaired) electrons. The standard InChI is InChI=1S/C18H22N2OS/c19-15(13-7-3-1-4-8-13)12-20-18(21)17-11-14-9-5-2-6-10-16(14)22-17/h1,3-4,7-8,11,15H,2,5-6,9-10,12,19H2,(H,20,21)/t15-/m0/s1. The first-order chi connectivity index (χ1) is 10.7. The van der Waals surface area contributed by atoms with Gasteiger partial charge in [0, 0.05) is 17.5 Å². The van der Waals surface area contributed by atoms with Crippen LogP contribution >= 0.6 is 11.3 Å². The number of hydrogen-bond acceptors (Lipinski definition) is 3. The maximum absolute atomic E-state index is 12.3. The van der Waals surface area contributed by atoms with Gasteiger partial charge in [0.05, 0.1) is 4.88 Å². The van der Waals surface area contributed by atoms with Crippen molar-refractivity contribution in [3.8, 4) is 0 Å². The molecule has 3 nitrogen and oxygen atoms in total. The van der Waals surface area contributed by atoms with Crippen LogP contribution in [0.4, 0.5) is 0 Å². The predicted octanol–water partition coefficient (Wildman–Crippen LogP) is 3.45. The number of amides is 1. The van der Waals surface area contributed by atoms with E-state index < -0.39 is 0 Å². The van der Waals surface area contributed by atoms with Crippen molar-refractivity contribution in [2.24, 2.45) is 5.73 Å². The second-order valence-corrected chi connectivity index (χ2v) is 6.98. The second-order valence-electron chi connectivity index (χ2n) is 5.85. The fourth-order valence-electron chi connectivity index (χ4n) is 2.89. The van der Waals surface area contributed by atoms with E-state index in [2.05, 4.69) is 11.4 Å². The van der Waals surface area contributed by atoms with Gasteiger partial charge in [0.1, 0.15) is 0 Å². The van der Waals surface area contributed by atoms with E-state index in [0.717, 1.165) is 23.3 Å². The number of hydrogen-bond donors (Lipinski definition) is 2. The molecular formula is C18H22N2OS. The van der Waals surface area contributed by atoms with Crippen molar-refractivity contribution in [2.75, 3.05) is 6.54 Å². The normalized spacial score (nSPS) is 15.7. The Morgan fingerprint density at radius 2 is 1.95 bits per heavy atom. The third-order valence-corrected chi connectivity index (χ3v) is 5.42. The molecule has 1 aromatic heterocycles. The lowest BCUT2D eigenvalue weighted by molar-refractivity contribution is 0.0955. The molecule has 0 bridgehead atoms. The Kier molecular flexibility index (Phi) is 4.90. The number of aryl methyl sites for hydroxylation is 2. The molecule has 0 saturated heterocycles. The van der Waals surface area contributed by atoms with E-state index in [1.165, 1.54) is 29.7 Å². The van der Waals surface area contributed by atoms with Crippen LogP contribution in [0.1, 0.15) is 51.0 Å². The van der Waals surface area contributed by atoms with Crippen molar-refractivity contribution >= 4 is 17.2 Å². The Hall–Kier alpha value is -1.65. The summed E-state index contributed by atoms with van der Waals surface area (Å²) in [4.78, 5) is 14.6. The molecule has 1 aliphatic carbocycles. The number of thiophene rings is 1. The lowest BCUT2D eigenvalue weighted by atomic mass is 10.1. The van der Waals surface area contributed by atoms with Crippen molar-refractivity contribution in [1.82, 2.24) is 5.32 Å². The molecular weight excluding hydrogens is 292 g/mol. The number of nitrogens with one attached hydrogen (secondary N) is 1. The van der Waals surface area contributed by atoms with Crippen molar-refractivity contribution in [1.29, 1.82) is 0 Å². The Morgan fingerprint density at radius 3 is 2.77 bits per heavy atom. The van der Waals surface area contributed by atoms with Gasteiger partial charge in [-0.05, 0) is 42.9 Å². The van der Waals surface area contributed by atoms with E-state index in [9.17, 15) is 4.79 Å². The van der Waals surface area contributed by atoms with Gasteiger partial charge in [-0.15, -0.1) is 11.3 Å². The van der Waals surface area contributed by atoms with E-state index in [-0.39, 0.29) is 11.9 Å². The maximum Gasteiger partial charge on any atom is 0.261 e. The third-order valence-electron chi connectivity index (χ3n) is 4.18. The van der Waals surface area contributed by atoms with Crippen LogP contribution in [0, 0.1) is 0 Å². The topological polar surface area (TPSA) is 55.1 Å². The highest BCUT2D eigenvalue weighted by Crippen LogP contribution is 2.28. The Labute approximate surface area is 135 Å². The Balaban J connectivity index is 1.60. The van der Waals surface area contributed by atoms with Crippen LogP contribution in [0.15, 0.2) is 36.4 Å². The van der Waals surface area contributed by atoms with Gasteiger partial charge in [0.25, 0.3) is 5.91 Å². The van der Waals surface area contributed by atoms with Gasteiger partial charge in [-0.2, -0.15) is 0 Å². The lowest BCUT2D eigenvalue weighted by Crippen LogP contribution is -2.31. The van der Waals surface area contributed by atoms with E-state index in [4.69, 9.17) is 5.73 Å². The van der Waals surface area contributed by atoms with Gasteiger partial charge in [0.15, 0.2) is 0 Å². The molecule has 2 aromatic rings. The van der Waals surface area contributed by atoms with Gasteiger partial charge >= 0.3 is 0 Å². The predicted molar refractivity (Wildman–Crippen MR) is 91.3 cm³/mol. The number of rotatable bonds is 4. The monoisotopic (exact) mass is 314 g/mol. The molecule has 1 amide bonds. The minimum Gasteiger partial charge on any atom is -0.349 e. The lowest BCUT2D eigenvalue weighted by Gasteiger charge is -2.12. The fourth-order valence-corrected chi connectivity index (χ4v) is 4.06. The second kappa shape index (κ2) is 7.07. The van der Waals surface area contributed by atoms with Gasteiger partial charge in [-0.1, -0.05) is 36.8 Å². The minimum atomic E-state index is -0.164. The van der Waals surface area contributed by atoms with Gasteiger partial charge in [0.2, 0.25) is 0 Å². The van der Waals surface area contributed by atoms with Gasteiger partial charge < -0.3 is 11.1 Å². The van der Waals surface area contributed by atoms with Gasteiger partial charge in [-0.3, -0.25) is 4.79 Å². The van der Waals surface area contributed by atoms with E-state index in [0.29, 0.717) is 6.54 Å². The summed E-state index contributed by atoms with van der Waals surface area (Å²) in [6.45, 7) is 0.464. The number of benzene rings is 1. The average Bonchev–Trinajstić information content (AvgIpc) is 2.84. The molecule has 1 aliphatic rings. The van der Waals surface area contributed by atoms with E-state index >= 15 is 0 Å². The van der Waals surface area contributed by atoms with Crippen LogP contribution in [-0.4, -0.2) is 12.5 Å². The Bertz CT molecular complexity index is 612. The summed E-state index contributed by atoms with van der Waals surface area (Å²) < 4.78 is 0. The number of fused-ring (bicyclic) bond motifs is 1. The fraction of sp³-hybridized carbons (Fsp3) is 0.389. The van der Waals surface area contributed by atoms with Crippen LogP contribution < -0.4 is 11.1 Å². The first kappa shape index (κ1) is 15.3. The highest BCUT2D eigenvalue weighted by atomic mass is 32.1. The average molecular weight is 314 g/mol. The highest BCUT2D eigenvalue weighted by Gasteiger charge is 2.17. The first-order valence-corrected chi connectivity index (χ1v) is 8.76. The van der Waals surface area contributed by atoms with Crippen molar-refractivity contribution < 1.29 is 4.79 Å². The number of carbonyl (C=O) groups excluding carboxylic acids is 1. The molecule has 0 aliphatic heterocycles. The summed E-state index contributed by atoms with van der Waals surface area (Å²) in [5.41, 5.74) is 8.55. The summed E-state index contributed by atoms with van der Waals surface area (Å²) in [5.74, 6) is 0.00412. The molecule has 4 heteroatoms. The molecule has 3 N–H and O–H groups in total. The van der Waals surface area contributed by atoms with E-state index in [1.54, 1.807) is 11.3 Å². The highest BCUT2D eigenvalue weighted by molar-refractivity contribution is 7.14. The number of carbonyl (C=O) groups is 1. The zero-order valence-electron chi connectivity index (χ0n) is 12.7. The summed E-state index contributed by atoms with van der Waals surface area (Å²) in [5, 5.41) is 2.97. The van der Waals surface area contributed by atoms with Crippen LogP contribution in [0.5, 0.6) is 0 Å². The molecule has 0 unspecified atom stereocenters. The Morgan fingerprint density at radius 1 is 1.18 bits per heavy atom. The van der Waals surface area contributed by atoms with Crippen LogP contribution in [-0.2, 0) is 12.8 Å². The molecule has 1 heterocycles. The first-order valence-electron chi connectivity index (χ1n) is 7.94. The maximum atomic E-state index is 12.3.